The highest BCUT2D eigenvalue weighted by Gasteiger charge is 2.24. The van der Waals surface area contributed by atoms with E-state index in [1.165, 1.54) is 0 Å². The van der Waals surface area contributed by atoms with E-state index in [9.17, 15) is 8.42 Å². The first-order valence-electron chi connectivity index (χ1n) is 8.52. The van der Waals surface area contributed by atoms with Gasteiger partial charge in [0.15, 0.2) is 0 Å². The van der Waals surface area contributed by atoms with Crippen molar-refractivity contribution in [3.05, 3.63) is 24.3 Å². The van der Waals surface area contributed by atoms with E-state index in [0.29, 0.717) is 12.4 Å². The normalized spacial score (nSPS) is 21.1. The lowest BCUT2D eigenvalue weighted by atomic mass is 9.93. The minimum atomic E-state index is -3.47. The average molecular weight is 377 g/mol. The van der Waals surface area contributed by atoms with Gasteiger partial charge in [0.1, 0.15) is 5.75 Å². The summed E-state index contributed by atoms with van der Waals surface area (Å²) in [5, 5.41) is 0. The lowest BCUT2D eigenvalue weighted by Crippen LogP contribution is -2.40. The Morgan fingerprint density at radius 3 is 2.33 bits per heavy atom. The second-order valence-corrected chi connectivity index (χ2v) is 7.97. The van der Waals surface area contributed by atoms with Gasteiger partial charge in [-0.25, -0.2) is 13.1 Å². The molecule has 3 N–H and O–H groups in total. The summed E-state index contributed by atoms with van der Waals surface area (Å²) in [4.78, 5) is 0.285. The zero-order valence-electron chi connectivity index (χ0n) is 14.2. The summed E-state index contributed by atoms with van der Waals surface area (Å²) in [5.41, 5.74) is 5.86. The predicted molar refractivity (Wildman–Crippen MR) is 99.3 cm³/mol. The molecule has 2 rings (SSSR count). The topological polar surface area (TPSA) is 81.4 Å². The van der Waals surface area contributed by atoms with Crippen LogP contribution in [-0.2, 0) is 10.0 Å². The molecule has 7 heteroatoms. The van der Waals surface area contributed by atoms with Crippen LogP contribution < -0.4 is 15.2 Å². The van der Waals surface area contributed by atoms with Crippen molar-refractivity contribution in [1.82, 2.24) is 4.72 Å². The zero-order chi connectivity index (χ0) is 16.7. The van der Waals surface area contributed by atoms with Crippen LogP contribution in [0.15, 0.2) is 29.2 Å². The zero-order valence-corrected chi connectivity index (χ0v) is 15.9. The quantitative estimate of drug-likeness (QED) is 0.682. The highest BCUT2D eigenvalue weighted by atomic mass is 35.5. The van der Waals surface area contributed by atoms with Gasteiger partial charge < -0.3 is 10.5 Å². The maximum atomic E-state index is 12.4. The van der Waals surface area contributed by atoms with Crippen LogP contribution in [-0.4, -0.2) is 27.1 Å². The Morgan fingerprint density at radius 2 is 1.75 bits per heavy atom. The van der Waals surface area contributed by atoms with Gasteiger partial charge in [-0.1, -0.05) is 19.8 Å². The van der Waals surface area contributed by atoms with Gasteiger partial charge in [0.05, 0.1) is 11.5 Å². The van der Waals surface area contributed by atoms with Gasteiger partial charge in [-0.2, -0.15) is 0 Å². The smallest absolute Gasteiger partial charge is 0.240 e. The van der Waals surface area contributed by atoms with Crippen molar-refractivity contribution >= 4 is 22.4 Å². The molecule has 0 spiro atoms. The average Bonchev–Trinajstić information content (AvgIpc) is 2.54. The van der Waals surface area contributed by atoms with Crippen molar-refractivity contribution in [3.8, 4) is 5.75 Å². The predicted octanol–water partition coefficient (Wildman–Crippen LogP) is 3.23. The fourth-order valence-electron chi connectivity index (χ4n) is 2.78. The highest BCUT2D eigenvalue weighted by Crippen LogP contribution is 2.21. The van der Waals surface area contributed by atoms with Crippen LogP contribution in [0, 0.1) is 0 Å². The molecular formula is C17H29ClN2O3S. The van der Waals surface area contributed by atoms with Crippen LogP contribution in [0.5, 0.6) is 5.75 Å². The lowest BCUT2D eigenvalue weighted by molar-refractivity contribution is 0.306. The van der Waals surface area contributed by atoms with Gasteiger partial charge in [0.25, 0.3) is 0 Å². The number of benzene rings is 1. The first-order chi connectivity index (χ1) is 11.0. The lowest BCUT2D eigenvalue weighted by Gasteiger charge is -2.26. The molecule has 24 heavy (non-hydrogen) atoms. The van der Waals surface area contributed by atoms with E-state index in [1.54, 1.807) is 24.3 Å². The Morgan fingerprint density at radius 1 is 1.12 bits per heavy atom. The van der Waals surface area contributed by atoms with Crippen LogP contribution in [0.2, 0.25) is 0 Å². The molecule has 0 aromatic heterocycles. The Labute approximate surface area is 151 Å². The Bertz CT molecular complexity index is 570. The fourth-order valence-corrected chi connectivity index (χ4v) is 4.09. The molecule has 0 saturated heterocycles. The Balaban J connectivity index is 0.00000288. The maximum Gasteiger partial charge on any atom is 0.240 e. The third kappa shape index (κ3) is 6.59. The van der Waals surface area contributed by atoms with Crippen LogP contribution in [0.1, 0.15) is 51.9 Å². The highest BCUT2D eigenvalue weighted by molar-refractivity contribution is 7.89. The summed E-state index contributed by atoms with van der Waals surface area (Å²) in [7, 11) is -3.47. The number of halogens is 1. The summed E-state index contributed by atoms with van der Waals surface area (Å²) in [5.74, 6) is 0.712. The second kappa shape index (κ2) is 10.2. The first-order valence-corrected chi connectivity index (χ1v) is 10.0. The van der Waals surface area contributed by atoms with Crippen molar-refractivity contribution < 1.29 is 13.2 Å². The number of nitrogens with two attached hydrogens (primary N) is 1. The molecular weight excluding hydrogens is 348 g/mol. The third-order valence-electron chi connectivity index (χ3n) is 4.24. The first kappa shape index (κ1) is 21.2. The molecule has 1 saturated carbocycles. The Kier molecular flexibility index (Phi) is 9.05. The SMILES string of the molecule is CCCCCOc1ccc(S(=O)(=O)NC2CCC(N)CC2)cc1.Cl. The summed E-state index contributed by atoms with van der Waals surface area (Å²) < 4.78 is 33.2. The number of ether oxygens (including phenoxy) is 1. The maximum absolute atomic E-state index is 12.4. The van der Waals surface area contributed by atoms with Crippen molar-refractivity contribution in [3.63, 3.8) is 0 Å². The molecule has 1 aromatic rings. The van der Waals surface area contributed by atoms with Crippen molar-refractivity contribution in [1.29, 1.82) is 0 Å². The number of rotatable bonds is 8. The summed E-state index contributed by atoms with van der Waals surface area (Å²) in [6, 6.07) is 6.84. The molecule has 1 fully saturated rings. The standard InChI is InChI=1S/C17H28N2O3S.ClH/c1-2-3-4-13-22-16-9-11-17(12-10-16)23(20,21)19-15-7-5-14(18)6-8-15;/h9-12,14-15,19H,2-8,13,18H2,1H3;1H. The largest absolute Gasteiger partial charge is 0.494 e. The molecule has 0 unspecified atom stereocenters. The van der Waals surface area contributed by atoms with Crippen LogP contribution >= 0.6 is 12.4 Å². The molecule has 0 heterocycles. The van der Waals surface area contributed by atoms with Gasteiger partial charge in [0, 0.05) is 12.1 Å². The monoisotopic (exact) mass is 376 g/mol. The number of unbranched alkanes of at least 4 members (excludes halogenated alkanes) is 2. The molecule has 0 atom stereocenters. The number of nitrogens with one attached hydrogen (secondary N) is 1. The minimum absolute atomic E-state index is 0. The van der Waals surface area contributed by atoms with Gasteiger partial charge >= 0.3 is 0 Å². The molecule has 0 bridgehead atoms. The van der Waals surface area contributed by atoms with Gasteiger partial charge in [0.2, 0.25) is 10.0 Å². The van der Waals surface area contributed by atoms with Crippen molar-refractivity contribution in [2.45, 2.75) is 68.8 Å². The molecule has 1 aromatic carbocycles. The van der Waals surface area contributed by atoms with E-state index >= 15 is 0 Å². The molecule has 0 amide bonds. The van der Waals surface area contributed by atoms with Crippen LogP contribution in [0.4, 0.5) is 0 Å². The molecule has 0 aliphatic heterocycles. The second-order valence-electron chi connectivity index (χ2n) is 6.26. The van der Waals surface area contributed by atoms with Gasteiger partial charge in [-0.15, -0.1) is 12.4 Å². The van der Waals surface area contributed by atoms with Crippen LogP contribution in [0.25, 0.3) is 0 Å². The van der Waals surface area contributed by atoms with Gasteiger partial charge in [-0.05, 0) is 56.4 Å². The molecule has 1 aliphatic rings. The van der Waals surface area contributed by atoms with E-state index in [4.69, 9.17) is 10.5 Å². The van der Waals surface area contributed by atoms with E-state index in [1.807, 2.05) is 0 Å². The summed E-state index contributed by atoms with van der Waals surface area (Å²) >= 11 is 0. The van der Waals surface area contributed by atoms with Crippen molar-refractivity contribution in [2.24, 2.45) is 5.73 Å². The third-order valence-corrected chi connectivity index (χ3v) is 5.78. The minimum Gasteiger partial charge on any atom is -0.494 e. The number of hydrogen-bond acceptors (Lipinski definition) is 4. The fraction of sp³-hybridized carbons (Fsp3) is 0.647. The number of hydrogen-bond donors (Lipinski definition) is 2. The van der Waals surface area contributed by atoms with E-state index in [0.717, 1.165) is 44.9 Å². The molecule has 5 nitrogen and oxygen atoms in total. The van der Waals surface area contributed by atoms with Gasteiger partial charge in [-0.3, -0.25) is 0 Å². The number of sulfonamides is 1. The van der Waals surface area contributed by atoms with E-state index in [-0.39, 0.29) is 29.4 Å². The summed E-state index contributed by atoms with van der Waals surface area (Å²) in [6.07, 6.45) is 6.66. The Hall–Kier alpha value is -0.820. The van der Waals surface area contributed by atoms with Crippen molar-refractivity contribution in [2.75, 3.05) is 6.61 Å². The molecule has 0 radical (unpaired) electrons. The molecule has 138 valence electrons. The van der Waals surface area contributed by atoms with E-state index in [2.05, 4.69) is 11.6 Å². The summed E-state index contributed by atoms with van der Waals surface area (Å²) in [6.45, 7) is 2.81. The van der Waals surface area contributed by atoms with Crippen LogP contribution in [0.3, 0.4) is 0 Å². The molecule has 1 aliphatic carbocycles. The van der Waals surface area contributed by atoms with E-state index < -0.39 is 10.0 Å².